The Balaban J connectivity index is 1.50. The molecular formula is C25H20FN3O2. The van der Waals surface area contributed by atoms with Crippen molar-refractivity contribution in [3.8, 4) is 0 Å². The third kappa shape index (κ3) is 4.75. The number of nitrogens with zero attached hydrogens (tertiary/aromatic N) is 2. The molecule has 5 nitrogen and oxygen atoms in total. The number of hydrogen-bond acceptors (Lipinski definition) is 3. The molecule has 6 heteroatoms. The Morgan fingerprint density at radius 2 is 1.58 bits per heavy atom. The van der Waals surface area contributed by atoms with Gasteiger partial charge in [-0.1, -0.05) is 60.2 Å². The summed E-state index contributed by atoms with van der Waals surface area (Å²) in [4.78, 5) is 25.8. The maximum Gasteiger partial charge on any atom is 0.257 e. The van der Waals surface area contributed by atoms with Gasteiger partial charge >= 0.3 is 0 Å². The monoisotopic (exact) mass is 413 g/mol. The highest BCUT2D eigenvalue weighted by Gasteiger charge is 2.18. The van der Waals surface area contributed by atoms with Crippen LogP contribution in [-0.2, 0) is 6.54 Å². The summed E-state index contributed by atoms with van der Waals surface area (Å²) in [7, 11) is 0. The standard InChI is InChI=1S/C25H20FN3O2/c1-17-6-10-19(11-7-17)24(30)21-4-2-3-5-22(21)25(31)27-23-14-15-29(28-23)16-18-8-12-20(26)13-9-18/h2-15H,16H2,1H3,(H,27,28,31). The SMILES string of the molecule is Cc1ccc(C(=O)c2ccccc2C(=O)Nc2ccn(Cc3ccc(F)cc3)n2)cc1. The summed E-state index contributed by atoms with van der Waals surface area (Å²) in [5.74, 6) is -0.559. The number of aryl methyl sites for hydroxylation is 1. The van der Waals surface area contributed by atoms with Gasteiger partial charge < -0.3 is 5.32 Å². The van der Waals surface area contributed by atoms with Crippen molar-refractivity contribution in [2.75, 3.05) is 5.32 Å². The first-order valence-electron chi connectivity index (χ1n) is 9.79. The lowest BCUT2D eigenvalue weighted by molar-refractivity contribution is 0.0996. The first-order valence-corrected chi connectivity index (χ1v) is 9.79. The zero-order valence-corrected chi connectivity index (χ0v) is 16.9. The summed E-state index contributed by atoms with van der Waals surface area (Å²) in [6, 6.07) is 21.8. The maximum absolute atomic E-state index is 13.1. The summed E-state index contributed by atoms with van der Waals surface area (Å²) in [5.41, 5.74) is 3.07. The van der Waals surface area contributed by atoms with Gasteiger partial charge in [0.2, 0.25) is 0 Å². The van der Waals surface area contributed by atoms with Crippen LogP contribution in [0.4, 0.5) is 10.2 Å². The largest absolute Gasteiger partial charge is 0.305 e. The molecule has 0 fully saturated rings. The van der Waals surface area contributed by atoms with Crippen molar-refractivity contribution in [1.82, 2.24) is 9.78 Å². The highest BCUT2D eigenvalue weighted by molar-refractivity contribution is 6.17. The Hall–Kier alpha value is -4.06. The van der Waals surface area contributed by atoms with Crippen LogP contribution in [0.15, 0.2) is 85.1 Å². The zero-order chi connectivity index (χ0) is 21.8. The molecule has 154 valence electrons. The number of aromatic nitrogens is 2. The van der Waals surface area contributed by atoms with Crippen molar-refractivity contribution in [3.63, 3.8) is 0 Å². The molecule has 0 bridgehead atoms. The molecule has 0 aliphatic heterocycles. The Labute approximate surface area is 179 Å². The fraction of sp³-hybridized carbons (Fsp3) is 0.0800. The molecule has 31 heavy (non-hydrogen) atoms. The van der Waals surface area contributed by atoms with E-state index in [2.05, 4.69) is 10.4 Å². The van der Waals surface area contributed by atoms with Crippen molar-refractivity contribution in [2.45, 2.75) is 13.5 Å². The van der Waals surface area contributed by atoms with E-state index < -0.39 is 5.91 Å². The second kappa shape index (κ2) is 8.75. The van der Waals surface area contributed by atoms with E-state index in [9.17, 15) is 14.0 Å². The van der Waals surface area contributed by atoms with Gasteiger partial charge in [-0.05, 0) is 30.7 Å². The molecular weight excluding hydrogens is 393 g/mol. The summed E-state index contributed by atoms with van der Waals surface area (Å²) in [6.07, 6.45) is 1.72. The smallest absolute Gasteiger partial charge is 0.257 e. The average Bonchev–Trinajstić information content (AvgIpc) is 3.22. The number of ketones is 1. The van der Waals surface area contributed by atoms with Gasteiger partial charge in [-0.15, -0.1) is 0 Å². The van der Waals surface area contributed by atoms with Crippen molar-refractivity contribution >= 4 is 17.5 Å². The fourth-order valence-electron chi connectivity index (χ4n) is 3.22. The van der Waals surface area contributed by atoms with E-state index in [0.717, 1.165) is 11.1 Å². The maximum atomic E-state index is 13.1. The number of carbonyl (C=O) groups excluding carboxylic acids is 2. The number of amides is 1. The molecule has 0 saturated carbocycles. The highest BCUT2D eigenvalue weighted by Crippen LogP contribution is 2.17. The Morgan fingerprint density at radius 3 is 2.29 bits per heavy atom. The third-order valence-electron chi connectivity index (χ3n) is 4.87. The molecule has 3 aromatic carbocycles. The van der Waals surface area contributed by atoms with Crippen LogP contribution in [0.25, 0.3) is 0 Å². The van der Waals surface area contributed by atoms with E-state index >= 15 is 0 Å². The van der Waals surface area contributed by atoms with Crippen LogP contribution in [0, 0.1) is 12.7 Å². The van der Waals surface area contributed by atoms with Gasteiger partial charge in [0.15, 0.2) is 11.6 Å². The molecule has 1 amide bonds. The minimum Gasteiger partial charge on any atom is -0.305 e. The molecule has 0 unspecified atom stereocenters. The van der Waals surface area contributed by atoms with Crippen LogP contribution in [0.1, 0.15) is 37.4 Å². The van der Waals surface area contributed by atoms with Gasteiger partial charge in [-0.2, -0.15) is 5.10 Å². The minimum atomic E-state index is -0.414. The highest BCUT2D eigenvalue weighted by atomic mass is 19.1. The van der Waals surface area contributed by atoms with Crippen LogP contribution in [-0.4, -0.2) is 21.5 Å². The van der Waals surface area contributed by atoms with E-state index in [-0.39, 0.29) is 17.2 Å². The number of benzene rings is 3. The average molecular weight is 413 g/mol. The zero-order valence-electron chi connectivity index (χ0n) is 16.9. The molecule has 0 aliphatic rings. The Kier molecular flexibility index (Phi) is 5.71. The summed E-state index contributed by atoms with van der Waals surface area (Å²) in [5, 5.41) is 7.09. The van der Waals surface area contributed by atoms with Crippen molar-refractivity contribution in [2.24, 2.45) is 0 Å². The molecule has 1 N–H and O–H groups in total. The number of carbonyl (C=O) groups is 2. The van der Waals surface area contributed by atoms with Crippen LogP contribution >= 0.6 is 0 Å². The molecule has 0 spiro atoms. The molecule has 0 radical (unpaired) electrons. The number of anilines is 1. The van der Waals surface area contributed by atoms with Crippen LogP contribution in [0.2, 0.25) is 0 Å². The van der Waals surface area contributed by atoms with Gasteiger partial charge in [0.1, 0.15) is 5.82 Å². The van der Waals surface area contributed by atoms with Crippen LogP contribution in [0.5, 0.6) is 0 Å². The predicted octanol–water partition coefficient (Wildman–Crippen LogP) is 4.86. The van der Waals surface area contributed by atoms with E-state index in [4.69, 9.17) is 0 Å². The fourth-order valence-corrected chi connectivity index (χ4v) is 3.22. The third-order valence-corrected chi connectivity index (χ3v) is 4.87. The summed E-state index contributed by atoms with van der Waals surface area (Å²) < 4.78 is 14.7. The van der Waals surface area contributed by atoms with Crippen LogP contribution < -0.4 is 5.32 Å². The Morgan fingerprint density at radius 1 is 0.903 bits per heavy atom. The molecule has 1 aromatic heterocycles. The number of hydrogen-bond donors (Lipinski definition) is 1. The van der Waals surface area contributed by atoms with Gasteiger partial charge in [0, 0.05) is 23.4 Å². The summed E-state index contributed by atoms with van der Waals surface area (Å²) in [6.45, 7) is 2.39. The molecule has 1 heterocycles. The topological polar surface area (TPSA) is 64.0 Å². The lowest BCUT2D eigenvalue weighted by atomic mass is 9.97. The van der Waals surface area contributed by atoms with Crippen LogP contribution in [0.3, 0.4) is 0 Å². The number of nitrogens with one attached hydrogen (secondary N) is 1. The van der Waals surface area contributed by atoms with E-state index in [0.29, 0.717) is 23.5 Å². The molecule has 4 rings (SSSR count). The normalized spacial score (nSPS) is 10.6. The van der Waals surface area contributed by atoms with Crippen molar-refractivity contribution < 1.29 is 14.0 Å². The van der Waals surface area contributed by atoms with Crippen molar-refractivity contribution in [3.05, 3.63) is 119 Å². The van der Waals surface area contributed by atoms with E-state index in [1.165, 1.54) is 12.1 Å². The first-order chi connectivity index (χ1) is 15.0. The first kappa shape index (κ1) is 20.2. The quantitative estimate of drug-likeness (QED) is 0.459. The van der Waals surface area contributed by atoms with Crippen molar-refractivity contribution in [1.29, 1.82) is 0 Å². The van der Waals surface area contributed by atoms with E-state index in [1.54, 1.807) is 65.5 Å². The lowest BCUT2D eigenvalue weighted by Crippen LogP contribution is -2.17. The molecule has 0 saturated heterocycles. The predicted molar refractivity (Wildman–Crippen MR) is 117 cm³/mol. The molecule has 4 aromatic rings. The summed E-state index contributed by atoms with van der Waals surface area (Å²) >= 11 is 0. The minimum absolute atomic E-state index is 0.215. The number of rotatable bonds is 6. The molecule has 0 atom stereocenters. The Bertz CT molecular complexity index is 1230. The van der Waals surface area contributed by atoms with Gasteiger partial charge in [-0.3, -0.25) is 14.3 Å². The molecule has 0 aliphatic carbocycles. The lowest BCUT2D eigenvalue weighted by Gasteiger charge is -2.09. The second-order valence-corrected chi connectivity index (χ2v) is 7.22. The van der Waals surface area contributed by atoms with Gasteiger partial charge in [0.25, 0.3) is 5.91 Å². The number of halogens is 1. The van der Waals surface area contributed by atoms with Gasteiger partial charge in [-0.25, -0.2) is 4.39 Å². The van der Waals surface area contributed by atoms with Gasteiger partial charge in [0.05, 0.1) is 12.1 Å². The second-order valence-electron chi connectivity index (χ2n) is 7.22. The van der Waals surface area contributed by atoms with E-state index in [1.807, 2.05) is 19.1 Å².